The third-order valence-corrected chi connectivity index (χ3v) is 13.8. The average Bonchev–Trinajstić information content (AvgIpc) is 3.66. The molecule has 0 saturated carbocycles. The Labute approximate surface area is 295 Å². The van der Waals surface area contributed by atoms with Crippen LogP contribution in [0.1, 0.15) is 9.75 Å². The minimum absolute atomic E-state index is 0.00362. The van der Waals surface area contributed by atoms with Crippen LogP contribution in [0.4, 0.5) is 0 Å². The van der Waals surface area contributed by atoms with Gasteiger partial charge in [0, 0.05) is 0 Å². The standard InChI is InChI=1S/2C17H12ClNO2S.2CH3.Sn/c2*18-13-8-6-11(7-9-13)16-14(10-15(20)21)22-17(19-16)12-4-2-1-3-5-12;;;/h2*1-9H,10H2,(H,20,21);2*1H3;/q;;;;+2/p-2. The van der Waals surface area contributed by atoms with Crippen LogP contribution in [0.2, 0.25) is 19.9 Å². The van der Waals surface area contributed by atoms with Gasteiger partial charge in [-0.25, -0.2) is 0 Å². The first-order valence-electron chi connectivity index (χ1n) is 14.7. The summed E-state index contributed by atoms with van der Waals surface area (Å²) in [6, 6.07) is 34.3. The van der Waals surface area contributed by atoms with Crippen molar-refractivity contribution < 1.29 is 15.7 Å². The molecule has 0 aliphatic carbocycles. The van der Waals surface area contributed by atoms with E-state index in [0.717, 1.165) is 42.0 Å². The Morgan fingerprint density at radius 1 is 0.574 bits per heavy atom. The van der Waals surface area contributed by atoms with E-state index in [1.165, 1.54) is 22.7 Å². The van der Waals surface area contributed by atoms with Crippen LogP contribution in [0.3, 0.4) is 0 Å². The summed E-state index contributed by atoms with van der Waals surface area (Å²) in [5.41, 5.74) is 5.00. The number of aromatic nitrogens is 2. The Hall–Kier alpha value is -3.54. The second-order valence-corrected chi connectivity index (χ2v) is 23.2. The molecule has 0 unspecified atom stereocenters. The summed E-state index contributed by atoms with van der Waals surface area (Å²) in [6.07, 6.45) is -0.00723. The molecule has 0 saturated heterocycles. The predicted molar refractivity (Wildman–Crippen MR) is 193 cm³/mol. The molecule has 6 rings (SSSR count). The summed E-state index contributed by atoms with van der Waals surface area (Å²) in [7, 11) is 0. The fraction of sp³-hybridized carbons (Fsp3) is 0.111. The molecule has 4 aromatic carbocycles. The van der Waals surface area contributed by atoms with E-state index < -0.39 is 31.1 Å². The first kappa shape index (κ1) is 33.4. The fourth-order valence-corrected chi connectivity index (χ4v) is 11.0. The Morgan fingerprint density at radius 3 is 1.30 bits per heavy atom. The first-order chi connectivity index (χ1) is 22.6. The molecule has 6 aromatic rings. The Balaban J connectivity index is 1.18. The van der Waals surface area contributed by atoms with Crippen LogP contribution in [0.5, 0.6) is 0 Å². The van der Waals surface area contributed by atoms with Crippen LogP contribution in [-0.2, 0) is 28.6 Å². The SMILES string of the molecule is [CH3][Sn]([CH3])([O]C(=O)Cc1sc(-c2ccccc2)nc1-c1ccc(Cl)cc1)[O]C(=O)Cc1sc(-c2ccccc2)nc1-c1ccc(Cl)cc1. The summed E-state index contributed by atoms with van der Waals surface area (Å²) < 4.78 is 11.9. The van der Waals surface area contributed by atoms with Crippen LogP contribution < -0.4 is 0 Å². The number of nitrogens with zero attached hydrogens (tertiary/aromatic N) is 2. The summed E-state index contributed by atoms with van der Waals surface area (Å²) in [6.45, 7) is 0. The van der Waals surface area contributed by atoms with Gasteiger partial charge in [0.2, 0.25) is 0 Å². The molecule has 0 atom stereocenters. The maximum atomic E-state index is 13.4. The number of carbonyl (C=O) groups is 2. The Kier molecular flexibility index (Phi) is 10.4. The second kappa shape index (κ2) is 14.7. The van der Waals surface area contributed by atoms with Crippen molar-refractivity contribution in [1.29, 1.82) is 0 Å². The third-order valence-electron chi connectivity index (χ3n) is 7.00. The van der Waals surface area contributed by atoms with Crippen LogP contribution >= 0.6 is 45.9 Å². The zero-order valence-corrected chi connectivity index (χ0v) is 31.4. The molecule has 0 aliphatic rings. The van der Waals surface area contributed by atoms with Gasteiger partial charge in [0.15, 0.2) is 0 Å². The van der Waals surface area contributed by atoms with Crippen molar-refractivity contribution in [3.8, 4) is 43.7 Å². The summed E-state index contributed by atoms with van der Waals surface area (Å²) in [4.78, 5) is 41.5. The molecular weight excluding hydrogens is 778 g/mol. The number of halogens is 2. The van der Waals surface area contributed by atoms with Crippen molar-refractivity contribution in [1.82, 2.24) is 9.97 Å². The number of benzene rings is 4. The number of hydrogen-bond acceptors (Lipinski definition) is 8. The van der Waals surface area contributed by atoms with Gasteiger partial charge in [0.05, 0.1) is 0 Å². The first-order valence-corrected chi connectivity index (χ1v) is 25.1. The normalized spacial score (nSPS) is 11.3. The molecule has 0 aliphatic heterocycles. The molecule has 236 valence electrons. The van der Waals surface area contributed by atoms with Crippen molar-refractivity contribution in [2.24, 2.45) is 0 Å². The van der Waals surface area contributed by atoms with Crippen molar-refractivity contribution in [2.75, 3.05) is 0 Å². The van der Waals surface area contributed by atoms with Gasteiger partial charge >= 0.3 is 298 Å². The third kappa shape index (κ3) is 8.49. The molecule has 0 bridgehead atoms. The molecule has 0 radical (unpaired) electrons. The van der Waals surface area contributed by atoms with E-state index in [0.29, 0.717) is 21.4 Å². The monoisotopic (exact) mass is 806 g/mol. The number of rotatable bonds is 10. The van der Waals surface area contributed by atoms with E-state index in [1.54, 1.807) is 34.1 Å². The van der Waals surface area contributed by atoms with Crippen LogP contribution in [0.15, 0.2) is 109 Å². The summed E-state index contributed by atoms with van der Waals surface area (Å²) >= 11 is 11.0. The number of hydrogen-bond donors (Lipinski definition) is 0. The number of thiazole rings is 2. The van der Waals surface area contributed by atoms with Crippen LogP contribution in [0, 0.1) is 0 Å². The van der Waals surface area contributed by atoms with Crippen molar-refractivity contribution >= 4 is 77.0 Å². The van der Waals surface area contributed by atoms with Crippen LogP contribution in [0.25, 0.3) is 43.7 Å². The molecule has 0 fully saturated rings. The van der Waals surface area contributed by atoms with E-state index in [1.807, 2.05) is 84.9 Å². The summed E-state index contributed by atoms with van der Waals surface area (Å²) in [5, 5.41) is 2.81. The van der Waals surface area contributed by atoms with Crippen molar-refractivity contribution in [2.45, 2.75) is 22.7 Å². The molecular formula is C36H28Cl2N2O4S2Sn. The Bertz CT molecular complexity index is 1870. The summed E-state index contributed by atoms with van der Waals surface area (Å²) in [5.74, 6) is -0.911. The fourth-order valence-electron chi connectivity index (χ4n) is 4.92. The molecule has 0 amide bonds. The van der Waals surface area contributed by atoms with Gasteiger partial charge in [-0.2, -0.15) is 0 Å². The van der Waals surface area contributed by atoms with E-state index in [4.69, 9.17) is 39.3 Å². The van der Waals surface area contributed by atoms with E-state index in [2.05, 4.69) is 0 Å². The van der Waals surface area contributed by atoms with E-state index >= 15 is 0 Å². The zero-order valence-electron chi connectivity index (χ0n) is 25.4. The molecule has 0 N–H and O–H groups in total. The number of carbonyl (C=O) groups excluding carboxylic acids is 2. The van der Waals surface area contributed by atoms with Gasteiger partial charge in [-0.05, 0) is 0 Å². The van der Waals surface area contributed by atoms with Gasteiger partial charge in [-0.1, -0.05) is 0 Å². The molecule has 2 aromatic heterocycles. The van der Waals surface area contributed by atoms with E-state index in [9.17, 15) is 9.59 Å². The van der Waals surface area contributed by atoms with Gasteiger partial charge in [-0.15, -0.1) is 0 Å². The van der Waals surface area contributed by atoms with E-state index in [-0.39, 0.29) is 12.8 Å². The molecule has 6 nitrogen and oxygen atoms in total. The zero-order chi connectivity index (χ0) is 33.0. The topological polar surface area (TPSA) is 78.4 Å². The van der Waals surface area contributed by atoms with Gasteiger partial charge in [-0.3, -0.25) is 0 Å². The quantitative estimate of drug-likeness (QED) is 0.128. The van der Waals surface area contributed by atoms with Crippen LogP contribution in [-0.4, -0.2) is 41.1 Å². The van der Waals surface area contributed by atoms with Gasteiger partial charge < -0.3 is 0 Å². The molecule has 47 heavy (non-hydrogen) atoms. The Morgan fingerprint density at radius 2 is 0.936 bits per heavy atom. The molecule has 11 heteroatoms. The molecule has 0 spiro atoms. The van der Waals surface area contributed by atoms with Crippen molar-refractivity contribution in [3.05, 3.63) is 129 Å². The molecule has 2 heterocycles. The maximum absolute atomic E-state index is 13.4. The minimum atomic E-state index is -4.10. The average molecular weight is 806 g/mol. The van der Waals surface area contributed by atoms with Gasteiger partial charge in [0.25, 0.3) is 0 Å². The second-order valence-electron chi connectivity index (χ2n) is 11.0. The van der Waals surface area contributed by atoms with Gasteiger partial charge in [0.1, 0.15) is 0 Å². The predicted octanol–water partition coefficient (Wildman–Crippen LogP) is 10.1. The van der Waals surface area contributed by atoms with Crippen molar-refractivity contribution in [3.63, 3.8) is 0 Å².